The van der Waals surface area contributed by atoms with Crippen LogP contribution in [-0.4, -0.2) is 60.5 Å². The minimum atomic E-state index is -0.969. The molecule has 0 radical (unpaired) electrons. The van der Waals surface area contributed by atoms with Gasteiger partial charge >= 0.3 is 12.0 Å². The van der Waals surface area contributed by atoms with Crippen LogP contribution in [0.15, 0.2) is 6.33 Å². The van der Waals surface area contributed by atoms with Crippen LogP contribution in [0.2, 0.25) is 0 Å². The molecule has 1 aliphatic heterocycles. The average Bonchev–Trinajstić information content (AvgIpc) is 2.95. The molecule has 1 aromatic heterocycles. The first-order chi connectivity index (χ1) is 9.49. The molecule has 1 fully saturated rings. The van der Waals surface area contributed by atoms with Crippen molar-refractivity contribution in [2.24, 2.45) is 7.05 Å². The summed E-state index contributed by atoms with van der Waals surface area (Å²) < 4.78 is 1.59. The fourth-order valence-electron chi connectivity index (χ4n) is 2.01. The Balaban J connectivity index is 1.86. The van der Waals surface area contributed by atoms with E-state index in [4.69, 9.17) is 5.11 Å². The van der Waals surface area contributed by atoms with E-state index in [1.807, 2.05) is 6.92 Å². The van der Waals surface area contributed by atoms with Crippen molar-refractivity contribution < 1.29 is 14.7 Å². The van der Waals surface area contributed by atoms with Crippen LogP contribution < -0.4 is 5.32 Å². The van der Waals surface area contributed by atoms with Gasteiger partial charge in [-0.3, -0.25) is 9.58 Å². The number of carboxylic acids is 1. The van der Waals surface area contributed by atoms with Gasteiger partial charge in [0.2, 0.25) is 0 Å². The normalized spacial score (nSPS) is 22.0. The van der Waals surface area contributed by atoms with Crippen molar-refractivity contribution in [3.05, 3.63) is 12.2 Å². The Bertz CT molecular complexity index is 506. The first kappa shape index (κ1) is 14.6. The lowest BCUT2D eigenvalue weighted by molar-refractivity contribution is -0.141. The smallest absolute Gasteiger partial charge is 0.327 e. The third-order valence-corrected chi connectivity index (χ3v) is 4.23. The third kappa shape index (κ3) is 3.21. The van der Waals surface area contributed by atoms with Crippen LogP contribution in [0, 0.1) is 0 Å². The largest absolute Gasteiger partial charge is 0.480 e. The highest BCUT2D eigenvalue weighted by atomic mass is 32.2. The van der Waals surface area contributed by atoms with Gasteiger partial charge in [-0.25, -0.2) is 14.6 Å². The Morgan fingerprint density at radius 3 is 2.95 bits per heavy atom. The van der Waals surface area contributed by atoms with Crippen molar-refractivity contribution in [3.63, 3.8) is 0 Å². The van der Waals surface area contributed by atoms with E-state index in [1.54, 1.807) is 18.1 Å². The molecule has 0 aromatic carbocycles. The van der Waals surface area contributed by atoms with E-state index in [0.717, 1.165) is 0 Å². The monoisotopic (exact) mass is 299 g/mol. The number of hydrogen-bond donors (Lipinski definition) is 2. The zero-order valence-electron chi connectivity index (χ0n) is 11.3. The van der Waals surface area contributed by atoms with Crippen molar-refractivity contribution in [1.82, 2.24) is 25.0 Å². The highest BCUT2D eigenvalue weighted by Crippen LogP contribution is 2.28. The maximum Gasteiger partial charge on any atom is 0.327 e. The molecule has 8 nitrogen and oxygen atoms in total. The summed E-state index contributed by atoms with van der Waals surface area (Å²) in [7, 11) is 1.77. The maximum absolute atomic E-state index is 12.1. The average molecular weight is 299 g/mol. The van der Waals surface area contributed by atoms with Crippen LogP contribution in [0.1, 0.15) is 12.7 Å². The summed E-state index contributed by atoms with van der Waals surface area (Å²) >= 11 is 1.46. The second-order valence-corrected chi connectivity index (χ2v) is 5.86. The standard InChI is InChI=1S/C11H17N5O3S/c1-7-16(8(5-20-7)10(17)18)11(19)12-4-3-9-13-6-15(2)14-9/h6-8H,3-5H2,1-2H3,(H,12,19)(H,17,18). The highest BCUT2D eigenvalue weighted by molar-refractivity contribution is 8.00. The maximum atomic E-state index is 12.1. The summed E-state index contributed by atoms with van der Waals surface area (Å²) in [6, 6.07) is -1.12. The molecule has 1 saturated heterocycles. The molecule has 2 rings (SSSR count). The number of urea groups is 1. The lowest BCUT2D eigenvalue weighted by Crippen LogP contribution is -2.49. The summed E-state index contributed by atoms with van der Waals surface area (Å²) in [5.74, 6) is 0.0981. The van der Waals surface area contributed by atoms with Gasteiger partial charge in [-0.15, -0.1) is 11.8 Å². The SMILES string of the molecule is CC1SCC(C(=O)O)N1C(=O)NCCc1ncn(C)n1. The Morgan fingerprint density at radius 1 is 1.60 bits per heavy atom. The van der Waals surface area contributed by atoms with Crippen molar-refractivity contribution >= 4 is 23.8 Å². The molecule has 0 spiro atoms. The van der Waals surface area contributed by atoms with Crippen LogP contribution in [0.25, 0.3) is 0 Å². The van der Waals surface area contributed by atoms with Gasteiger partial charge in [0.15, 0.2) is 5.82 Å². The van der Waals surface area contributed by atoms with Gasteiger partial charge in [0.05, 0.1) is 5.37 Å². The number of aliphatic carboxylic acids is 1. The van der Waals surface area contributed by atoms with Gasteiger partial charge in [0.25, 0.3) is 0 Å². The molecular weight excluding hydrogens is 282 g/mol. The van der Waals surface area contributed by atoms with Gasteiger partial charge in [-0.1, -0.05) is 0 Å². The second-order valence-electron chi connectivity index (χ2n) is 4.51. The zero-order valence-corrected chi connectivity index (χ0v) is 12.1. The van der Waals surface area contributed by atoms with Crippen molar-refractivity contribution in [1.29, 1.82) is 0 Å². The molecule has 0 aliphatic carbocycles. The molecule has 2 N–H and O–H groups in total. The Labute approximate surface area is 120 Å². The number of nitrogens with one attached hydrogen (secondary N) is 1. The number of carbonyl (C=O) groups is 2. The van der Waals surface area contributed by atoms with Crippen LogP contribution in [0.4, 0.5) is 4.79 Å². The summed E-state index contributed by atoms with van der Waals surface area (Å²) in [4.78, 5) is 28.6. The van der Waals surface area contributed by atoms with E-state index in [0.29, 0.717) is 24.5 Å². The van der Waals surface area contributed by atoms with Crippen LogP contribution in [-0.2, 0) is 18.3 Å². The number of carboxylic acid groups (broad SMARTS) is 1. The van der Waals surface area contributed by atoms with Crippen molar-refractivity contribution in [3.8, 4) is 0 Å². The van der Waals surface area contributed by atoms with E-state index in [1.165, 1.54) is 16.7 Å². The highest BCUT2D eigenvalue weighted by Gasteiger charge is 2.39. The molecule has 1 aliphatic rings. The molecule has 2 unspecified atom stereocenters. The molecule has 2 amide bonds. The van der Waals surface area contributed by atoms with Crippen LogP contribution in [0.5, 0.6) is 0 Å². The number of rotatable bonds is 4. The summed E-state index contributed by atoms with van der Waals surface area (Å²) in [5, 5.41) is 15.8. The summed E-state index contributed by atoms with van der Waals surface area (Å²) in [6.07, 6.45) is 2.11. The number of amides is 2. The number of carbonyl (C=O) groups excluding carboxylic acids is 1. The van der Waals surface area contributed by atoms with E-state index in [9.17, 15) is 9.59 Å². The van der Waals surface area contributed by atoms with E-state index < -0.39 is 12.0 Å². The van der Waals surface area contributed by atoms with Crippen molar-refractivity contribution in [2.45, 2.75) is 24.8 Å². The molecule has 2 atom stereocenters. The molecule has 0 bridgehead atoms. The molecular formula is C11H17N5O3S. The van der Waals surface area contributed by atoms with E-state index >= 15 is 0 Å². The molecule has 2 heterocycles. The fourth-order valence-corrected chi connectivity index (χ4v) is 3.18. The van der Waals surface area contributed by atoms with Gasteiger partial charge in [-0.05, 0) is 6.92 Å². The van der Waals surface area contributed by atoms with Crippen molar-refractivity contribution in [2.75, 3.05) is 12.3 Å². The Kier molecular flexibility index (Phi) is 4.48. The number of aryl methyl sites for hydroxylation is 1. The van der Waals surface area contributed by atoms with Gasteiger partial charge in [-0.2, -0.15) is 5.10 Å². The molecule has 9 heteroatoms. The van der Waals surface area contributed by atoms with Crippen LogP contribution >= 0.6 is 11.8 Å². The number of nitrogens with zero attached hydrogens (tertiary/aromatic N) is 4. The first-order valence-electron chi connectivity index (χ1n) is 6.24. The van der Waals surface area contributed by atoms with Gasteiger partial charge in [0.1, 0.15) is 12.4 Å². The van der Waals surface area contributed by atoms with E-state index in [2.05, 4.69) is 15.4 Å². The lowest BCUT2D eigenvalue weighted by Gasteiger charge is -2.25. The minimum Gasteiger partial charge on any atom is -0.480 e. The lowest BCUT2D eigenvalue weighted by atomic mass is 10.3. The number of thioether (sulfide) groups is 1. The van der Waals surface area contributed by atoms with E-state index in [-0.39, 0.29) is 11.4 Å². The Hall–Kier alpha value is -1.77. The second kappa shape index (κ2) is 6.12. The summed E-state index contributed by atoms with van der Waals surface area (Å²) in [6.45, 7) is 2.20. The minimum absolute atomic E-state index is 0.135. The third-order valence-electron chi connectivity index (χ3n) is 3.01. The Morgan fingerprint density at radius 2 is 2.35 bits per heavy atom. The molecule has 0 saturated carbocycles. The predicted octanol–water partition coefficient (Wildman–Crippen LogP) is -0.0848. The first-order valence-corrected chi connectivity index (χ1v) is 7.29. The fraction of sp³-hybridized carbons (Fsp3) is 0.636. The number of aromatic nitrogens is 3. The quantitative estimate of drug-likeness (QED) is 0.806. The number of hydrogen-bond acceptors (Lipinski definition) is 5. The topological polar surface area (TPSA) is 100 Å². The predicted molar refractivity (Wildman–Crippen MR) is 73.3 cm³/mol. The molecule has 20 heavy (non-hydrogen) atoms. The zero-order chi connectivity index (χ0) is 14.7. The van der Waals surface area contributed by atoms with Gasteiger partial charge < -0.3 is 10.4 Å². The molecule has 1 aromatic rings. The van der Waals surface area contributed by atoms with Gasteiger partial charge in [0, 0.05) is 25.8 Å². The van der Waals surface area contributed by atoms with Crippen LogP contribution in [0.3, 0.4) is 0 Å². The molecule has 110 valence electrons. The summed E-state index contributed by atoms with van der Waals surface area (Å²) in [5.41, 5.74) is 0.